The molecular formula is C21H15N5O3S2. The molecule has 1 amide bonds. The summed E-state index contributed by atoms with van der Waals surface area (Å²) in [6.07, 6.45) is 1.35. The van der Waals surface area contributed by atoms with Gasteiger partial charge in [-0.1, -0.05) is 65.6 Å². The van der Waals surface area contributed by atoms with E-state index < -0.39 is 11.5 Å². The van der Waals surface area contributed by atoms with E-state index in [9.17, 15) is 9.59 Å². The molecule has 5 rings (SSSR count). The molecule has 0 spiro atoms. The second-order valence-corrected chi connectivity index (χ2v) is 8.85. The molecule has 0 fully saturated rings. The van der Waals surface area contributed by atoms with Crippen LogP contribution in [0.15, 0.2) is 74.5 Å². The molecule has 0 unspecified atom stereocenters. The molecule has 0 aliphatic carbocycles. The van der Waals surface area contributed by atoms with Gasteiger partial charge in [0.05, 0.1) is 6.33 Å². The summed E-state index contributed by atoms with van der Waals surface area (Å²) in [6, 6.07) is 17.3. The van der Waals surface area contributed by atoms with Crippen molar-refractivity contribution in [2.24, 2.45) is 0 Å². The van der Waals surface area contributed by atoms with Crippen molar-refractivity contribution in [2.45, 2.75) is 16.6 Å². The number of amides is 1. The first-order valence-corrected chi connectivity index (χ1v) is 11.1. The highest BCUT2D eigenvalue weighted by Gasteiger charge is 2.15. The van der Waals surface area contributed by atoms with Crippen LogP contribution in [-0.2, 0) is 17.1 Å². The lowest BCUT2D eigenvalue weighted by molar-refractivity contribution is -0.116. The monoisotopic (exact) mass is 449 g/mol. The highest BCUT2D eigenvalue weighted by atomic mass is 32.2. The number of furan rings is 1. The van der Waals surface area contributed by atoms with Crippen molar-refractivity contribution in [3.05, 3.63) is 76.8 Å². The van der Waals surface area contributed by atoms with Gasteiger partial charge in [-0.05, 0) is 17.7 Å². The zero-order chi connectivity index (χ0) is 21.2. The minimum absolute atomic E-state index is 0.131. The summed E-state index contributed by atoms with van der Waals surface area (Å²) >= 11 is 2.84. The van der Waals surface area contributed by atoms with E-state index in [4.69, 9.17) is 4.42 Å². The van der Waals surface area contributed by atoms with Crippen LogP contribution in [-0.4, -0.2) is 25.7 Å². The predicted octanol–water partition coefficient (Wildman–Crippen LogP) is 3.93. The van der Waals surface area contributed by atoms with Gasteiger partial charge in [0.15, 0.2) is 4.34 Å². The van der Waals surface area contributed by atoms with E-state index >= 15 is 0 Å². The third-order valence-corrected chi connectivity index (χ3v) is 6.57. The molecule has 2 aromatic carbocycles. The molecule has 0 saturated heterocycles. The quantitative estimate of drug-likeness (QED) is 0.309. The van der Waals surface area contributed by atoms with E-state index in [1.54, 1.807) is 17.8 Å². The topological polar surface area (TPSA) is 103 Å². The second kappa shape index (κ2) is 8.32. The molecule has 3 heterocycles. The van der Waals surface area contributed by atoms with Gasteiger partial charge in [-0.25, -0.2) is 4.98 Å². The molecule has 0 aliphatic rings. The number of carbonyl (C=O) groups is 1. The molecule has 154 valence electrons. The van der Waals surface area contributed by atoms with E-state index in [0.717, 1.165) is 15.5 Å². The summed E-state index contributed by atoms with van der Waals surface area (Å²) in [6.45, 7) is -0.203. The lowest BCUT2D eigenvalue weighted by Gasteiger charge is -2.04. The van der Waals surface area contributed by atoms with Crippen LogP contribution in [0, 0.1) is 0 Å². The summed E-state index contributed by atoms with van der Waals surface area (Å²) in [7, 11) is 0. The van der Waals surface area contributed by atoms with E-state index in [0.29, 0.717) is 16.2 Å². The Morgan fingerprint density at radius 1 is 1.10 bits per heavy atom. The zero-order valence-electron chi connectivity index (χ0n) is 16.0. The largest absolute Gasteiger partial charge is 0.448 e. The molecule has 3 aromatic heterocycles. The Kier molecular flexibility index (Phi) is 5.23. The van der Waals surface area contributed by atoms with Gasteiger partial charge in [0, 0.05) is 11.1 Å². The Labute approximate surface area is 183 Å². The third-order valence-electron chi connectivity index (χ3n) is 4.52. The normalized spacial score (nSPS) is 11.2. The van der Waals surface area contributed by atoms with Crippen LogP contribution in [0.2, 0.25) is 0 Å². The van der Waals surface area contributed by atoms with Crippen molar-refractivity contribution in [3.8, 4) is 0 Å². The highest BCUT2D eigenvalue weighted by molar-refractivity contribution is 8.00. The number of rotatable bonds is 6. The smallest absolute Gasteiger partial charge is 0.297 e. The van der Waals surface area contributed by atoms with E-state index in [-0.39, 0.29) is 12.1 Å². The number of para-hydroxylation sites is 1. The molecule has 10 heteroatoms. The number of fused-ring (bicyclic) bond motifs is 3. The minimum Gasteiger partial charge on any atom is -0.448 e. The average Bonchev–Trinajstić information content (AvgIpc) is 3.39. The lowest BCUT2D eigenvalue weighted by atomic mass is 10.2. The van der Waals surface area contributed by atoms with E-state index in [1.165, 1.54) is 27.8 Å². The molecule has 0 bridgehead atoms. The molecule has 5 aromatic rings. The predicted molar refractivity (Wildman–Crippen MR) is 120 cm³/mol. The molecule has 0 atom stereocenters. The lowest BCUT2D eigenvalue weighted by Crippen LogP contribution is -2.27. The number of hydrogen-bond donors (Lipinski definition) is 1. The third kappa shape index (κ3) is 4.07. The first-order valence-electron chi connectivity index (χ1n) is 9.34. The van der Waals surface area contributed by atoms with Crippen molar-refractivity contribution in [1.29, 1.82) is 0 Å². The van der Waals surface area contributed by atoms with Crippen LogP contribution in [0.1, 0.15) is 5.56 Å². The van der Waals surface area contributed by atoms with Gasteiger partial charge in [0.1, 0.15) is 17.6 Å². The number of aromatic nitrogens is 4. The van der Waals surface area contributed by atoms with Gasteiger partial charge >= 0.3 is 0 Å². The fourth-order valence-electron chi connectivity index (χ4n) is 3.08. The number of hydrogen-bond acceptors (Lipinski definition) is 8. The first kappa shape index (κ1) is 19.5. The van der Waals surface area contributed by atoms with Crippen LogP contribution in [0.5, 0.6) is 0 Å². The Bertz CT molecular complexity index is 1440. The van der Waals surface area contributed by atoms with Gasteiger partial charge < -0.3 is 4.42 Å². The van der Waals surface area contributed by atoms with Crippen LogP contribution >= 0.6 is 23.1 Å². The first-order chi connectivity index (χ1) is 15.2. The van der Waals surface area contributed by atoms with Crippen LogP contribution in [0.4, 0.5) is 5.13 Å². The fourth-order valence-corrected chi connectivity index (χ4v) is 4.80. The summed E-state index contributed by atoms with van der Waals surface area (Å²) in [4.78, 5) is 29.5. The standard InChI is InChI=1S/C21H15N5O3S2/c27-16(23-20-24-25-21(31-20)30-11-13-6-2-1-3-7-13)10-26-12-22-17-14-8-4-5-9-15(14)29-18(17)19(26)28/h1-9,12H,10-11H2,(H,23,24,27). The SMILES string of the molecule is O=C(Cn1cnc2c(oc3ccccc32)c1=O)Nc1nnc(SCc2ccccc2)s1. The van der Waals surface area contributed by atoms with Crippen molar-refractivity contribution >= 4 is 56.2 Å². The average molecular weight is 450 g/mol. The Balaban J connectivity index is 1.27. The van der Waals surface area contributed by atoms with E-state index in [2.05, 4.69) is 20.5 Å². The summed E-state index contributed by atoms with van der Waals surface area (Å²) in [5.74, 6) is 0.372. The van der Waals surface area contributed by atoms with Crippen molar-refractivity contribution < 1.29 is 9.21 Å². The Morgan fingerprint density at radius 3 is 2.77 bits per heavy atom. The molecule has 0 aliphatic heterocycles. The van der Waals surface area contributed by atoms with Gasteiger partial charge in [0.25, 0.3) is 5.56 Å². The summed E-state index contributed by atoms with van der Waals surface area (Å²) in [5, 5.41) is 11.9. The molecule has 0 saturated carbocycles. The summed E-state index contributed by atoms with van der Waals surface area (Å²) in [5.41, 5.74) is 1.97. The number of benzene rings is 2. The zero-order valence-corrected chi connectivity index (χ0v) is 17.7. The molecule has 1 N–H and O–H groups in total. The maximum absolute atomic E-state index is 12.7. The highest BCUT2D eigenvalue weighted by Crippen LogP contribution is 2.28. The molecule has 0 radical (unpaired) electrons. The molecular weight excluding hydrogens is 434 g/mol. The van der Waals surface area contributed by atoms with Gasteiger partial charge in [-0.3, -0.25) is 19.5 Å². The van der Waals surface area contributed by atoms with E-state index in [1.807, 2.05) is 48.5 Å². The Hall–Kier alpha value is -3.50. The van der Waals surface area contributed by atoms with Crippen molar-refractivity contribution in [1.82, 2.24) is 19.7 Å². The van der Waals surface area contributed by atoms with Gasteiger partial charge in [-0.2, -0.15) is 0 Å². The van der Waals surface area contributed by atoms with Crippen molar-refractivity contribution in [2.75, 3.05) is 5.32 Å². The molecule has 8 nitrogen and oxygen atoms in total. The van der Waals surface area contributed by atoms with Crippen LogP contribution in [0.25, 0.3) is 22.1 Å². The number of thioether (sulfide) groups is 1. The van der Waals surface area contributed by atoms with Crippen LogP contribution in [0.3, 0.4) is 0 Å². The van der Waals surface area contributed by atoms with Gasteiger partial charge in [-0.15, -0.1) is 10.2 Å². The van der Waals surface area contributed by atoms with Crippen LogP contribution < -0.4 is 10.9 Å². The number of nitrogens with zero attached hydrogens (tertiary/aromatic N) is 4. The second-order valence-electron chi connectivity index (χ2n) is 6.65. The van der Waals surface area contributed by atoms with Gasteiger partial charge in [0.2, 0.25) is 16.6 Å². The maximum Gasteiger partial charge on any atom is 0.297 e. The molecule has 31 heavy (non-hydrogen) atoms. The minimum atomic E-state index is -0.410. The summed E-state index contributed by atoms with van der Waals surface area (Å²) < 4.78 is 7.61. The number of carbonyl (C=O) groups excluding carboxylic acids is 1. The van der Waals surface area contributed by atoms with Crippen molar-refractivity contribution in [3.63, 3.8) is 0 Å². The maximum atomic E-state index is 12.7. The number of anilines is 1. The Morgan fingerprint density at radius 2 is 1.90 bits per heavy atom. The number of nitrogens with one attached hydrogen (secondary N) is 1. The fraction of sp³-hybridized carbons (Fsp3) is 0.0952.